The molecule has 6 nitrogen and oxygen atoms in total. The summed E-state index contributed by atoms with van der Waals surface area (Å²) >= 11 is 3.31. The van der Waals surface area contributed by atoms with Gasteiger partial charge in [0.15, 0.2) is 0 Å². The number of morpholine rings is 1. The van der Waals surface area contributed by atoms with E-state index >= 15 is 0 Å². The molecule has 2 rings (SSSR count). The molecule has 22 heavy (non-hydrogen) atoms. The highest BCUT2D eigenvalue weighted by Crippen LogP contribution is 2.27. The van der Waals surface area contributed by atoms with Crippen molar-refractivity contribution in [2.24, 2.45) is 0 Å². The van der Waals surface area contributed by atoms with E-state index in [0.717, 1.165) is 13.1 Å². The molecule has 1 N–H and O–H groups in total. The lowest BCUT2D eigenvalue weighted by Crippen LogP contribution is -2.45. The van der Waals surface area contributed by atoms with E-state index in [1.165, 1.54) is 13.2 Å². The average Bonchev–Trinajstić information content (AvgIpc) is 2.47. The predicted octanol–water partition coefficient (Wildman–Crippen LogP) is 1.46. The molecule has 1 aliphatic rings. The lowest BCUT2D eigenvalue weighted by molar-refractivity contribution is 0.0354. The molecule has 1 aliphatic heterocycles. The first-order valence-electron chi connectivity index (χ1n) is 7.08. The highest BCUT2D eigenvalue weighted by molar-refractivity contribution is 9.10. The van der Waals surface area contributed by atoms with Crippen LogP contribution in [0.15, 0.2) is 27.6 Å². The number of halogens is 1. The zero-order valence-electron chi connectivity index (χ0n) is 12.7. The summed E-state index contributed by atoms with van der Waals surface area (Å²) in [4.78, 5) is 2.41. The second-order valence-electron chi connectivity index (χ2n) is 5.23. The van der Waals surface area contributed by atoms with Crippen molar-refractivity contribution in [1.29, 1.82) is 0 Å². The highest BCUT2D eigenvalue weighted by atomic mass is 79.9. The largest absolute Gasteiger partial charge is 0.496 e. The molecule has 1 fully saturated rings. The van der Waals surface area contributed by atoms with Crippen LogP contribution in [0.1, 0.15) is 6.92 Å². The smallest absolute Gasteiger partial charge is 0.240 e. The van der Waals surface area contributed by atoms with Gasteiger partial charge in [0.05, 0.1) is 29.7 Å². The van der Waals surface area contributed by atoms with Gasteiger partial charge in [0.1, 0.15) is 5.75 Å². The molecule has 1 aromatic carbocycles. The lowest BCUT2D eigenvalue weighted by Gasteiger charge is -2.29. The fraction of sp³-hybridized carbons (Fsp3) is 0.571. The monoisotopic (exact) mass is 392 g/mol. The Morgan fingerprint density at radius 1 is 1.41 bits per heavy atom. The minimum atomic E-state index is -3.55. The van der Waals surface area contributed by atoms with E-state index in [-0.39, 0.29) is 10.9 Å². The first-order valence-corrected chi connectivity index (χ1v) is 9.36. The van der Waals surface area contributed by atoms with Gasteiger partial charge in [-0.25, -0.2) is 13.1 Å². The molecule has 1 saturated heterocycles. The molecule has 0 bridgehead atoms. The van der Waals surface area contributed by atoms with Crippen molar-refractivity contribution in [1.82, 2.24) is 9.62 Å². The van der Waals surface area contributed by atoms with Gasteiger partial charge in [-0.3, -0.25) is 4.90 Å². The molecule has 124 valence electrons. The van der Waals surface area contributed by atoms with Crippen molar-refractivity contribution < 1.29 is 17.9 Å². The van der Waals surface area contributed by atoms with E-state index < -0.39 is 10.0 Å². The van der Waals surface area contributed by atoms with Crippen LogP contribution in [0, 0.1) is 0 Å². The second-order valence-corrected chi connectivity index (χ2v) is 7.80. The van der Waals surface area contributed by atoms with Crippen LogP contribution in [0.5, 0.6) is 5.75 Å². The van der Waals surface area contributed by atoms with Gasteiger partial charge < -0.3 is 9.47 Å². The molecule has 0 spiro atoms. The van der Waals surface area contributed by atoms with Crippen LogP contribution in [0.3, 0.4) is 0 Å². The third kappa shape index (κ3) is 4.66. The number of hydrogen-bond donors (Lipinski definition) is 1. The number of nitrogens with one attached hydrogen (secondary N) is 1. The minimum absolute atomic E-state index is 0.177. The van der Waals surface area contributed by atoms with Crippen LogP contribution in [0.2, 0.25) is 0 Å². The van der Waals surface area contributed by atoms with Gasteiger partial charge in [0.2, 0.25) is 10.0 Å². The summed E-state index contributed by atoms with van der Waals surface area (Å²) in [5.41, 5.74) is 0. The van der Waals surface area contributed by atoms with E-state index in [1.807, 2.05) is 6.92 Å². The third-order valence-electron chi connectivity index (χ3n) is 3.43. The Balaban J connectivity index is 2.01. The summed E-state index contributed by atoms with van der Waals surface area (Å²) in [6.07, 6.45) is 0. The summed E-state index contributed by atoms with van der Waals surface area (Å²) in [7, 11) is -2.01. The van der Waals surface area contributed by atoms with E-state index in [4.69, 9.17) is 9.47 Å². The number of benzene rings is 1. The normalized spacial score (nSPS) is 18.1. The number of nitrogens with zero attached hydrogens (tertiary/aromatic N) is 1. The summed E-state index contributed by atoms with van der Waals surface area (Å²) in [6, 6.07) is 4.53. The zero-order chi connectivity index (χ0) is 16.2. The van der Waals surface area contributed by atoms with Crippen LogP contribution in [0.4, 0.5) is 0 Å². The van der Waals surface area contributed by atoms with Crippen LogP contribution in [-0.4, -0.2) is 59.3 Å². The molecule has 1 unspecified atom stereocenters. The second kappa shape index (κ2) is 7.74. The Kier molecular flexibility index (Phi) is 6.22. The van der Waals surface area contributed by atoms with Crippen LogP contribution >= 0.6 is 15.9 Å². The van der Waals surface area contributed by atoms with Crippen molar-refractivity contribution in [3.8, 4) is 5.75 Å². The Morgan fingerprint density at radius 2 is 2.09 bits per heavy atom. The van der Waals surface area contributed by atoms with E-state index in [2.05, 4.69) is 25.6 Å². The molecule has 1 atom stereocenters. The molecule has 8 heteroatoms. The van der Waals surface area contributed by atoms with E-state index in [0.29, 0.717) is 30.0 Å². The van der Waals surface area contributed by atoms with Crippen molar-refractivity contribution in [2.45, 2.75) is 17.9 Å². The van der Waals surface area contributed by atoms with Crippen molar-refractivity contribution in [2.75, 3.05) is 40.0 Å². The summed E-state index contributed by atoms with van der Waals surface area (Å²) in [5, 5.41) is 0. The molecular formula is C14H21BrN2O4S. The maximum absolute atomic E-state index is 12.4. The predicted molar refractivity (Wildman–Crippen MR) is 87.7 cm³/mol. The van der Waals surface area contributed by atoms with E-state index in [1.54, 1.807) is 12.1 Å². The molecule has 0 aliphatic carbocycles. The standard InChI is InChI=1S/C14H21BrN2O4S/c1-11(10-17-5-7-21-8-6-17)16-22(18,19)12-3-4-14(20-2)13(15)9-12/h3-4,9,11,16H,5-8,10H2,1-2H3. The van der Waals surface area contributed by atoms with Crippen LogP contribution in [0.25, 0.3) is 0 Å². The van der Waals surface area contributed by atoms with Gasteiger partial charge >= 0.3 is 0 Å². The highest BCUT2D eigenvalue weighted by Gasteiger charge is 2.21. The Morgan fingerprint density at radius 3 is 2.68 bits per heavy atom. The lowest BCUT2D eigenvalue weighted by atomic mass is 10.3. The average molecular weight is 393 g/mol. The van der Waals surface area contributed by atoms with Gasteiger partial charge in [0, 0.05) is 25.7 Å². The summed E-state index contributed by atoms with van der Waals surface area (Å²) in [5.74, 6) is 0.598. The molecule has 0 radical (unpaired) electrons. The van der Waals surface area contributed by atoms with Crippen LogP contribution < -0.4 is 9.46 Å². The van der Waals surface area contributed by atoms with Crippen molar-refractivity contribution in [3.63, 3.8) is 0 Å². The third-order valence-corrected chi connectivity index (χ3v) is 5.63. The summed E-state index contributed by atoms with van der Waals surface area (Å²) in [6.45, 7) is 5.60. The molecule has 1 heterocycles. The molecule has 0 aromatic heterocycles. The number of methoxy groups -OCH3 is 1. The zero-order valence-corrected chi connectivity index (χ0v) is 15.1. The molecular weight excluding hydrogens is 372 g/mol. The fourth-order valence-electron chi connectivity index (χ4n) is 2.36. The first-order chi connectivity index (χ1) is 10.4. The minimum Gasteiger partial charge on any atom is -0.496 e. The fourth-order valence-corrected chi connectivity index (χ4v) is 4.31. The Labute approximate surface area is 140 Å². The SMILES string of the molecule is COc1ccc(S(=O)(=O)NC(C)CN2CCOCC2)cc1Br. The van der Waals surface area contributed by atoms with Gasteiger partial charge in [-0.1, -0.05) is 0 Å². The number of rotatable bonds is 6. The van der Waals surface area contributed by atoms with Crippen molar-refractivity contribution in [3.05, 3.63) is 22.7 Å². The molecule has 0 amide bonds. The van der Waals surface area contributed by atoms with Gasteiger partial charge in [0.25, 0.3) is 0 Å². The Hall–Kier alpha value is -0.670. The van der Waals surface area contributed by atoms with Crippen molar-refractivity contribution >= 4 is 26.0 Å². The topological polar surface area (TPSA) is 67.9 Å². The number of hydrogen-bond acceptors (Lipinski definition) is 5. The molecule has 0 saturated carbocycles. The summed E-state index contributed by atoms with van der Waals surface area (Å²) < 4.78 is 38.6. The number of ether oxygens (including phenoxy) is 2. The Bertz CT molecular complexity index is 603. The van der Waals surface area contributed by atoms with E-state index in [9.17, 15) is 8.42 Å². The first kappa shape index (κ1) is 17.7. The quantitative estimate of drug-likeness (QED) is 0.793. The van der Waals surface area contributed by atoms with Gasteiger partial charge in [-0.05, 0) is 41.1 Å². The van der Waals surface area contributed by atoms with Gasteiger partial charge in [-0.15, -0.1) is 0 Å². The molecule has 1 aromatic rings. The van der Waals surface area contributed by atoms with Gasteiger partial charge in [-0.2, -0.15) is 0 Å². The maximum Gasteiger partial charge on any atom is 0.240 e. The van der Waals surface area contributed by atoms with Crippen LogP contribution in [-0.2, 0) is 14.8 Å². The number of sulfonamides is 1. The maximum atomic E-state index is 12.4.